The Morgan fingerprint density at radius 2 is 2.10 bits per heavy atom. The zero-order valence-electron chi connectivity index (χ0n) is 12.2. The summed E-state index contributed by atoms with van der Waals surface area (Å²) in [6.07, 6.45) is 6.44. The quantitative estimate of drug-likeness (QED) is 0.872. The normalized spacial score (nSPS) is 16.4. The number of rotatable bonds is 6. The van der Waals surface area contributed by atoms with Crippen molar-refractivity contribution in [3.8, 4) is 0 Å². The summed E-state index contributed by atoms with van der Waals surface area (Å²) < 4.78 is 3.41. The van der Waals surface area contributed by atoms with Gasteiger partial charge in [-0.15, -0.1) is 0 Å². The first kappa shape index (κ1) is 14.8. The number of imidazole rings is 1. The molecule has 0 amide bonds. The lowest BCUT2D eigenvalue weighted by Crippen LogP contribution is -2.31. The summed E-state index contributed by atoms with van der Waals surface area (Å²) >= 11 is 3.47. The third-order valence-electron chi connectivity index (χ3n) is 4.08. The topological polar surface area (TPSA) is 47.1 Å². The molecule has 0 aliphatic heterocycles. The molecule has 1 aliphatic rings. The second-order valence-corrected chi connectivity index (χ2v) is 6.67. The van der Waals surface area contributed by atoms with Gasteiger partial charge in [-0.2, -0.15) is 0 Å². The number of nitrogens with zero attached hydrogens (tertiary/aromatic N) is 3. The molecule has 0 bridgehead atoms. The molecule has 1 aromatic carbocycles. The number of aromatic nitrogens is 2. The molecule has 1 saturated carbocycles. The highest BCUT2D eigenvalue weighted by atomic mass is 79.9. The van der Waals surface area contributed by atoms with Crippen LogP contribution in [0.5, 0.6) is 0 Å². The summed E-state index contributed by atoms with van der Waals surface area (Å²) in [6.45, 7) is 1.48. The Morgan fingerprint density at radius 1 is 1.38 bits per heavy atom. The van der Waals surface area contributed by atoms with Gasteiger partial charge in [-0.1, -0.05) is 28.1 Å². The Bertz CT molecular complexity index is 589. The van der Waals surface area contributed by atoms with Gasteiger partial charge in [-0.05, 0) is 37.6 Å². The molecular formula is C16H21BrN4. The maximum Gasteiger partial charge on any atom is 0.0951 e. The van der Waals surface area contributed by atoms with Crippen LogP contribution in [0.25, 0.3) is 0 Å². The minimum absolute atomic E-state index is 0.205. The third kappa shape index (κ3) is 3.36. The summed E-state index contributed by atoms with van der Waals surface area (Å²) in [7, 11) is 2.13. The van der Waals surface area contributed by atoms with Crippen molar-refractivity contribution in [2.45, 2.75) is 31.5 Å². The van der Waals surface area contributed by atoms with Gasteiger partial charge in [0.25, 0.3) is 0 Å². The largest absolute Gasteiger partial charge is 0.330 e. The van der Waals surface area contributed by atoms with Gasteiger partial charge in [0.15, 0.2) is 0 Å². The predicted octanol–water partition coefficient (Wildman–Crippen LogP) is 3.11. The highest BCUT2D eigenvalue weighted by Crippen LogP contribution is 2.37. The van der Waals surface area contributed by atoms with Crippen LogP contribution in [0, 0.1) is 0 Å². The molecule has 5 heteroatoms. The van der Waals surface area contributed by atoms with Gasteiger partial charge in [-0.3, -0.25) is 4.90 Å². The van der Waals surface area contributed by atoms with Gasteiger partial charge in [0.1, 0.15) is 0 Å². The first-order valence-corrected chi connectivity index (χ1v) is 8.15. The highest BCUT2D eigenvalue weighted by molar-refractivity contribution is 9.10. The Labute approximate surface area is 134 Å². The van der Waals surface area contributed by atoms with E-state index in [2.05, 4.69) is 61.7 Å². The molecule has 2 aromatic rings. The fourth-order valence-corrected chi connectivity index (χ4v) is 3.01. The third-order valence-corrected chi connectivity index (χ3v) is 4.61. The molecule has 21 heavy (non-hydrogen) atoms. The van der Waals surface area contributed by atoms with Crippen LogP contribution in [0.4, 0.5) is 0 Å². The minimum atomic E-state index is 0.205. The van der Waals surface area contributed by atoms with Crippen LogP contribution < -0.4 is 5.73 Å². The summed E-state index contributed by atoms with van der Waals surface area (Å²) in [4.78, 5) is 6.63. The standard InChI is InChI=1S/C16H21BrN4/c1-20(10-12-2-4-13(17)5-3-12)15(8-18)16-9-19-11-21(16)14-6-7-14/h2-5,9,11,14-15H,6-8,10,18H2,1H3. The lowest BCUT2D eigenvalue weighted by Gasteiger charge is -2.28. The predicted molar refractivity (Wildman–Crippen MR) is 87.9 cm³/mol. The van der Waals surface area contributed by atoms with Crippen molar-refractivity contribution in [2.75, 3.05) is 13.6 Å². The van der Waals surface area contributed by atoms with Gasteiger partial charge < -0.3 is 10.3 Å². The van der Waals surface area contributed by atoms with E-state index in [4.69, 9.17) is 5.73 Å². The number of halogens is 1. The summed E-state index contributed by atoms with van der Waals surface area (Å²) in [6, 6.07) is 9.29. The zero-order valence-corrected chi connectivity index (χ0v) is 13.8. The summed E-state index contributed by atoms with van der Waals surface area (Å²) in [5.41, 5.74) is 8.57. The van der Waals surface area contributed by atoms with E-state index in [0.29, 0.717) is 12.6 Å². The van der Waals surface area contributed by atoms with Crippen molar-refractivity contribution >= 4 is 15.9 Å². The van der Waals surface area contributed by atoms with Crippen LogP contribution in [-0.4, -0.2) is 28.0 Å². The van der Waals surface area contributed by atoms with Gasteiger partial charge in [0, 0.05) is 29.8 Å². The number of nitrogens with two attached hydrogens (primary N) is 1. The molecule has 0 radical (unpaired) electrons. The van der Waals surface area contributed by atoms with Crippen molar-refractivity contribution in [1.82, 2.24) is 14.5 Å². The van der Waals surface area contributed by atoms with E-state index in [1.54, 1.807) is 0 Å². The van der Waals surface area contributed by atoms with Crippen LogP contribution in [0.15, 0.2) is 41.3 Å². The summed E-state index contributed by atoms with van der Waals surface area (Å²) in [5.74, 6) is 0. The highest BCUT2D eigenvalue weighted by Gasteiger charge is 2.28. The number of hydrogen-bond acceptors (Lipinski definition) is 3. The molecule has 1 heterocycles. The summed E-state index contributed by atoms with van der Waals surface area (Å²) in [5, 5.41) is 0. The first-order valence-electron chi connectivity index (χ1n) is 7.35. The maximum absolute atomic E-state index is 6.04. The van der Waals surface area contributed by atoms with Crippen molar-refractivity contribution in [3.63, 3.8) is 0 Å². The minimum Gasteiger partial charge on any atom is -0.330 e. The number of likely N-dealkylation sites (N-methyl/N-ethyl adjacent to an activating group) is 1. The number of hydrogen-bond donors (Lipinski definition) is 1. The van der Waals surface area contributed by atoms with Gasteiger partial charge in [0.2, 0.25) is 0 Å². The molecule has 2 N–H and O–H groups in total. The second kappa shape index (κ2) is 6.30. The molecule has 4 nitrogen and oxygen atoms in total. The second-order valence-electron chi connectivity index (χ2n) is 5.75. The molecule has 1 unspecified atom stereocenters. The molecule has 1 atom stereocenters. The Kier molecular flexibility index (Phi) is 4.42. The van der Waals surface area contributed by atoms with Crippen molar-refractivity contribution in [2.24, 2.45) is 5.73 Å². The van der Waals surface area contributed by atoms with Gasteiger partial charge in [0.05, 0.1) is 18.1 Å². The van der Waals surface area contributed by atoms with E-state index in [1.165, 1.54) is 24.1 Å². The van der Waals surface area contributed by atoms with E-state index in [0.717, 1.165) is 11.0 Å². The van der Waals surface area contributed by atoms with E-state index in [9.17, 15) is 0 Å². The van der Waals surface area contributed by atoms with Crippen molar-refractivity contribution in [1.29, 1.82) is 0 Å². The fourth-order valence-electron chi connectivity index (χ4n) is 2.75. The Morgan fingerprint density at radius 3 is 2.71 bits per heavy atom. The molecule has 0 saturated heterocycles. The van der Waals surface area contributed by atoms with Crippen molar-refractivity contribution in [3.05, 3.63) is 52.5 Å². The lowest BCUT2D eigenvalue weighted by atomic mass is 10.1. The van der Waals surface area contributed by atoms with E-state index in [1.807, 2.05) is 12.5 Å². The molecule has 3 rings (SSSR count). The fraction of sp³-hybridized carbons (Fsp3) is 0.438. The monoisotopic (exact) mass is 348 g/mol. The molecular weight excluding hydrogens is 328 g/mol. The lowest BCUT2D eigenvalue weighted by molar-refractivity contribution is 0.232. The molecule has 1 fully saturated rings. The Hall–Kier alpha value is -1.17. The van der Waals surface area contributed by atoms with Crippen LogP contribution in [-0.2, 0) is 6.54 Å². The van der Waals surface area contributed by atoms with Crippen LogP contribution >= 0.6 is 15.9 Å². The molecule has 1 aliphatic carbocycles. The van der Waals surface area contributed by atoms with Crippen molar-refractivity contribution < 1.29 is 0 Å². The average molecular weight is 349 g/mol. The molecule has 0 spiro atoms. The van der Waals surface area contributed by atoms with Crippen LogP contribution in [0.3, 0.4) is 0 Å². The van der Waals surface area contributed by atoms with E-state index < -0.39 is 0 Å². The smallest absolute Gasteiger partial charge is 0.0951 e. The zero-order chi connectivity index (χ0) is 14.8. The van der Waals surface area contributed by atoms with Crippen LogP contribution in [0.1, 0.15) is 36.2 Å². The first-order chi connectivity index (χ1) is 10.2. The van der Waals surface area contributed by atoms with E-state index in [-0.39, 0.29) is 6.04 Å². The number of benzene rings is 1. The van der Waals surface area contributed by atoms with Gasteiger partial charge >= 0.3 is 0 Å². The average Bonchev–Trinajstić information content (AvgIpc) is 3.22. The molecule has 1 aromatic heterocycles. The maximum atomic E-state index is 6.04. The SMILES string of the molecule is CN(Cc1ccc(Br)cc1)C(CN)c1cncn1C1CC1. The van der Waals surface area contributed by atoms with E-state index >= 15 is 0 Å². The van der Waals surface area contributed by atoms with Gasteiger partial charge in [-0.25, -0.2) is 4.98 Å². The Balaban J connectivity index is 1.75. The molecule has 112 valence electrons. The van der Waals surface area contributed by atoms with Crippen LogP contribution in [0.2, 0.25) is 0 Å².